The van der Waals surface area contributed by atoms with Crippen molar-refractivity contribution in [3.63, 3.8) is 0 Å². The predicted molar refractivity (Wildman–Crippen MR) is 119 cm³/mol. The second-order valence-corrected chi connectivity index (χ2v) is 8.05. The van der Waals surface area contributed by atoms with Gasteiger partial charge in [-0.05, 0) is 49.2 Å². The minimum Gasteiger partial charge on any atom is -0.436 e. The second kappa shape index (κ2) is 8.77. The van der Waals surface area contributed by atoms with Crippen molar-refractivity contribution in [1.29, 1.82) is 0 Å². The van der Waals surface area contributed by atoms with Gasteiger partial charge in [-0.15, -0.1) is 0 Å². The van der Waals surface area contributed by atoms with E-state index in [0.717, 1.165) is 5.52 Å². The van der Waals surface area contributed by atoms with Gasteiger partial charge in [-0.25, -0.2) is 15.0 Å². The predicted octanol–water partition coefficient (Wildman–Crippen LogP) is 5.15. The highest BCUT2D eigenvalue weighted by Gasteiger charge is 2.41. The van der Waals surface area contributed by atoms with E-state index in [9.17, 15) is 18.0 Å². The summed E-state index contributed by atoms with van der Waals surface area (Å²) in [4.78, 5) is 30.4. The van der Waals surface area contributed by atoms with Gasteiger partial charge in [-0.3, -0.25) is 4.79 Å². The molecule has 1 N–H and O–H groups in total. The lowest BCUT2D eigenvalue weighted by molar-refractivity contribution is -0.179. The minimum absolute atomic E-state index is 0.00187. The molecule has 1 aliphatic heterocycles. The third kappa shape index (κ3) is 4.43. The van der Waals surface area contributed by atoms with Crippen molar-refractivity contribution in [1.82, 2.24) is 19.9 Å². The molecule has 2 aromatic heterocycles. The van der Waals surface area contributed by atoms with E-state index in [1.54, 1.807) is 29.2 Å². The van der Waals surface area contributed by atoms with Gasteiger partial charge in [0.05, 0.1) is 17.0 Å². The number of benzene rings is 2. The Bertz CT molecular complexity index is 1280. The zero-order chi connectivity index (χ0) is 23.7. The number of rotatable bonds is 5. The molecule has 0 amide bonds. The minimum atomic E-state index is -4.19. The van der Waals surface area contributed by atoms with E-state index in [0.29, 0.717) is 22.6 Å². The van der Waals surface area contributed by atoms with Crippen LogP contribution in [0.5, 0.6) is 11.6 Å². The molecule has 0 aliphatic carbocycles. The largest absolute Gasteiger partial charge is 0.436 e. The maximum Gasteiger partial charge on any atom is 0.391 e. The lowest BCUT2D eigenvalue weighted by Crippen LogP contribution is -2.39. The molecule has 0 radical (unpaired) electrons. The van der Waals surface area contributed by atoms with Crippen LogP contribution in [-0.2, 0) is 0 Å². The third-order valence-electron chi connectivity index (χ3n) is 5.84. The van der Waals surface area contributed by atoms with Gasteiger partial charge in [0.15, 0.2) is 11.6 Å². The molecule has 34 heavy (non-hydrogen) atoms. The van der Waals surface area contributed by atoms with Crippen LogP contribution in [0.25, 0.3) is 11.0 Å². The van der Waals surface area contributed by atoms with Crippen LogP contribution in [0, 0.1) is 5.92 Å². The summed E-state index contributed by atoms with van der Waals surface area (Å²) in [7, 11) is 0. The first kappa shape index (κ1) is 21.9. The molecule has 5 rings (SSSR count). The summed E-state index contributed by atoms with van der Waals surface area (Å²) in [5.41, 5.74) is 1.92. The molecule has 4 aromatic rings. The van der Waals surface area contributed by atoms with Crippen molar-refractivity contribution in [3.05, 3.63) is 72.3 Å². The smallest absolute Gasteiger partial charge is 0.391 e. The average molecular weight is 467 g/mol. The summed E-state index contributed by atoms with van der Waals surface area (Å²) >= 11 is 0. The number of imidazole rings is 1. The van der Waals surface area contributed by atoms with E-state index in [-0.39, 0.29) is 43.4 Å². The van der Waals surface area contributed by atoms with Gasteiger partial charge in [0.1, 0.15) is 5.75 Å². The first-order valence-electron chi connectivity index (χ1n) is 10.8. The third-order valence-corrected chi connectivity index (χ3v) is 5.84. The zero-order valence-electron chi connectivity index (χ0n) is 17.9. The summed E-state index contributed by atoms with van der Waals surface area (Å²) < 4.78 is 44.8. The SMILES string of the molecule is O=C(c1ccc(Oc2nccnc2N2CCC(C(F)(F)F)CC2)cc1)c1nc2ccccc2[nH]1. The number of halogens is 3. The number of piperidine rings is 1. The van der Waals surface area contributed by atoms with E-state index in [2.05, 4.69) is 19.9 Å². The normalized spacial score (nSPS) is 15.0. The van der Waals surface area contributed by atoms with Crippen molar-refractivity contribution in [2.24, 2.45) is 5.92 Å². The highest BCUT2D eigenvalue weighted by atomic mass is 19.4. The Labute approximate surface area is 192 Å². The van der Waals surface area contributed by atoms with Crippen LogP contribution in [0.3, 0.4) is 0 Å². The number of ketones is 1. The Morgan fingerprint density at radius 1 is 1.00 bits per heavy atom. The fraction of sp³-hybridized carbons (Fsp3) is 0.250. The Hall–Kier alpha value is -3.95. The van der Waals surface area contributed by atoms with E-state index in [4.69, 9.17) is 4.74 Å². The number of fused-ring (bicyclic) bond motifs is 1. The lowest BCUT2D eigenvalue weighted by Gasteiger charge is -2.33. The molecular weight excluding hydrogens is 447 g/mol. The molecule has 0 atom stereocenters. The van der Waals surface area contributed by atoms with Crippen LogP contribution in [0.1, 0.15) is 29.0 Å². The summed E-state index contributed by atoms with van der Waals surface area (Å²) in [5.74, 6) is -0.298. The maximum atomic E-state index is 13.0. The first-order chi connectivity index (χ1) is 16.4. The van der Waals surface area contributed by atoms with Gasteiger partial charge in [-0.2, -0.15) is 13.2 Å². The number of aromatic nitrogens is 4. The number of ether oxygens (including phenoxy) is 1. The lowest BCUT2D eigenvalue weighted by atomic mass is 9.96. The molecule has 2 aromatic carbocycles. The van der Waals surface area contributed by atoms with E-state index in [1.807, 2.05) is 24.3 Å². The number of anilines is 1. The molecule has 174 valence electrons. The van der Waals surface area contributed by atoms with Gasteiger partial charge in [0.2, 0.25) is 5.78 Å². The van der Waals surface area contributed by atoms with Crippen molar-refractivity contribution in [2.75, 3.05) is 18.0 Å². The highest BCUT2D eigenvalue weighted by molar-refractivity contribution is 6.08. The Morgan fingerprint density at radius 2 is 1.71 bits per heavy atom. The second-order valence-electron chi connectivity index (χ2n) is 8.05. The number of H-pyrrole nitrogens is 1. The van der Waals surface area contributed by atoms with Crippen molar-refractivity contribution >= 4 is 22.6 Å². The molecule has 3 heterocycles. The van der Waals surface area contributed by atoms with Gasteiger partial charge in [-0.1, -0.05) is 12.1 Å². The quantitative estimate of drug-likeness (QED) is 0.409. The molecule has 0 spiro atoms. The van der Waals surface area contributed by atoms with Crippen LogP contribution in [-0.4, -0.2) is 45.0 Å². The number of nitrogens with one attached hydrogen (secondary N) is 1. The number of hydrogen-bond donors (Lipinski definition) is 1. The standard InChI is InChI=1S/C24H20F3N5O2/c25-24(26,27)16-9-13-32(14-10-16)22-23(29-12-11-28-22)34-17-7-5-15(6-8-17)20(33)21-30-18-3-1-2-4-19(18)31-21/h1-8,11-12,16H,9-10,13-14H2,(H,30,31). The molecule has 0 saturated carbocycles. The van der Waals surface area contributed by atoms with Crippen LogP contribution in [0.15, 0.2) is 60.9 Å². The van der Waals surface area contributed by atoms with Crippen molar-refractivity contribution in [2.45, 2.75) is 19.0 Å². The topological polar surface area (TPSA) is 84.0 Å². The number of carbonyl (C=O) groups is 1. The van der Waals surface area contributed by atoms with Crippen LogP contribution in [0.4, 0.5) is 19.0 Å². The van der Waals surface area contributed by atoms with Crippen LogP contribution >= 0.6 is 0 Å². The Kier molecular flexibility index (Phi) is 5.64. The van der Waals surface area contributed by atoms with Gasteiger partial charge >= 0.3 is 6.18 Å². The molecule has 7 nitrogen and oxygen atoms in total. The molecule has 0 unspecified atom stereocenters. The number of aromatic amines is 1. The fourth-order valence-electron chi connectivity index (χ4n) is 4.01. The monoisotopic (exact) mass is 467 g/mol. The summed E-state index contributed by atoms with van der Waals surface area (Å²) in [6, 6.07) is 13.9. The molecule has 10 heteroatoms. The summed E-state index contributed by atoms with van der Waals surface area (Å²) in [6.07, 6.45) is -1.25. The van der Waals surface area contributed by atoms with Crippen molar-refractivity contribution < 1.29 is 22.7 Å². The molecular formula is C24H20F3N5O2. The number of para-hydroxylation sites is 2. The molecule has 0 bridgehead atoms. The van der Waals surface area contributed by atoms with Crippen LogP contribution < -0.4 is 9.64 Å². The number of hydrogen-bond acceptors (Lipinski definition) is 6. The van der Waals surface area contributed by atoms with Gasteiger partial charge < -0.3 is 14.6 Å². The van der Waals surface area contributed by atoms with E-state index < -0.39 is 12.1 Å². The molecule has 1 fully saturated rings. The fourth-order valence-corrected chi connectivity index (χ4v) is 4.01. The Balaban J connectivity index is 1.30. The first-order valence-corrected chi connectivity index (χ1v) is 10.8. The van der Waals surface area contributed by atoms with Crippen LogP contribution in [0.2, 0.25) is 0 Å². The average Bonchev–Trinajstić information content (AvgIpc) is 3.28. The molecule has 1 aliphatic rings. The molecule has 1 saturated heterocycles. The zero-order valence-corrected chi connectivity index (χ0v) is 17.9. The number of alkyl halides is 3. The number of carbonyl (C=O) groups excluding carboxylic acids is 1. The number of nitrogens with zero attached hydrogens (tertiary/aromatic N) is 4. The van der Waals surface area contributed by atoms with E-state index >= 15 is 0 Å². The Morgan fingerprint density at radius 3 is 2.41 bits per heavy atom. The summed E-state index contributed by atoms with van der Waals surface area (Å²) in [6.45, 7) is 0.425. The van der Waals surface area contributed by atoms with Crippen molar-refractivity contribution in [3.8, 4) is 11.6 Å². The van der Waals surface area contributed by atoms with Gasteiger partial charge in [0, 0.05) is 31.0 Å². The summed E-state index contributed by atoms with van der Waals surface area (Å²) in [5, 5.41) is 0. The highest BCUT2D eigenvalue weighted by Crippen LogP contribution is 2.37. The van der Waals surface area contributed by atoms with Gasteiger partial charge in [0.25, 0.3) is 5.88 Å². The van der Waals surface area contributed by atoms with E-state index in [1.165, 1.54) is 12.4 Å². The maximum absolute atomic E-state index is 13.0.